The monoisotopic (exact) mass is 384 g/mol. The maximum atomic E-state index is 11.7. The highest BCUT2D eigenvalue weighted by molar-refractivity contribution is 9.10. The van der Waals surface area contributed by atoms with Gasteiger partial charge in [0.05, 0.1) is 7.11 Å². The average Bonchev–Trinajstić information content (AvgIpc) is 2.52. The quantitative estimate of drug-likeness (QED) is 0.596. The first-order chi connectivity index (χ1) is 10.9. The van der Waals surface area contributed by atoms with E-state index in [0.717, 1.165) is 4.47 Å². The van der Waals surface area contributed by atoms with Gasteiger partial charge in [-0.3, -0.25) is 10.1 Å². The van der Waals surface area contributed by atoms with Crippen LogP contribution in [0.25, 0.3) is 6.08 Å². The van der Waals surface area contributed by atoms with Crippen molar-refractivity contribution < 1.29 is 23.9 Å². The summed E-state index contributed by atoms with van der Waals surface area (Å²) in [5.41, 5.74) is 0.668. The summed E-state index contributed by atoms with van der Waals surface area (Å²) in [6.07, 6.45) is 1.58. The average molecular weight is 385 g/mol. The van der Waals surface area contributed by atoms with Crippen molar-refractivity contribution in [1.82, 2.24) is 10.6 Å². The van der Waals surface area contributed by atoms with E-state index >= 15 is 0 Å². The fraction of sp³-hybridized carbons (Fsp3) is 0.267. The third-order valence-corrected chi connectivity index (χ3v) is 3.21. The Labute approximate surface area is 142 Å². The van der Waals surface area contributed by atoms with Crippen LogP contribution in [0.3, 0.4) is 0 Å². The van der Waals surface area contributed by atoms with Crippen LogP contribution in [0.15, 0.2) is 28.7 Å². The molecule has 2 N–H and O–H groups in total. The third kappa shape index (κ3) is 6.11. The molecule has 1 aromatic rings. The van der Waals surface area contributed by atoms with Crippen molar-refractivity contribution in [3.8, 4) is 5.75 Å². The molecule has 0 radical (unpaired) electrons. The van der Waals surface area contributed by atoms with Crippen molar-refractivity contribution >= 4 is 39.9 Å². The Bertz CT molecular complexity index is 630. The lowest BCUT2D eigenvalue weighted by Gasteiger charge is -2.11. The Morgan fingerprint density at radius 3 is 2.61 bits per heavy atom. The number of hydrogen-bond donors (Lipinski definition) is 2. The van der Waals surface area contributed by atoms with E-state index in [-0.39, 0.29) is 0 Å². The molecule has 8 heteroatoms. The molecule has 0 unspecified atom stereocenters. The molecular weight excluding hydrogens is 368 g/mol. The molecule has 0 heterocycles. The fourth-order valence-corrected chi connectivity index (χ4v) is 1.92. The predicted molar refractivity (Wildman–Crippen MR) is 87.9 cm³/mol. The Hall–Kier alpha value is -2.35. The van der Waals surface area contributed by atoms with E-state index in [1.165, 1.54) is 33.2 Å². The highest BCUT2D eigenvalue weighted by Crippen LogP contribution is 2.24. The number of carbonyl (C=O) groups is 3. The number of ether oxygens (including phenoxy) is 2. The summed E-state index contributed by atoms with van der Waals surface area (Å²) < 4.78 is 10.9. The molecule has 0 saturated heterocycles. The highest BCUT2D eigenvalue weighted by atomic mass is 79.9. The number of hydrogen-bond acceptors (Lipinski definition) is 5. The molecule has 0 aliphatic carbocycles. The number of rotatable bonds is 5. The maximum absolute atomic E-state index is 11.7. The number of carbonyl (C=O) groups excluding carboxylic acids is 3. The normalized spacial score (nSPS) is 11.7. The van der Waals surface area contributed by atoms with Gasteiger partial charge >= 0.3 is 12.0 Å². The number of amides is 3. The molecule has 3 amide bonds. The zero-order valence-electron chi connectivity index (χ0n) is 12.9. The molecule has 1 aromatic carbocycles. The first-order valence-corrected chi connectivity index (χ1v) is 7.41. The molecule has 1 atom stereocenters. The van der Waals surface area contributed by atoms with Gasteiger partial charge in [-0.15, -0.1) is 0 Å². The first-order valence-electron chi connectivity index (χ1n) is 6.62. The van der Waals surface area contributed by atoms with Crippen molar-refractivity contribution in [2.24, 2.45) is 0 Å². The van der Waals surface area contributed by atoms with Crippen LogP contribution in [0.2, 0.25) is 0 Å². The van der Waals surface area contributed by atoms with Gasteiger partial charge in [0.2, 0.25) is 0 Å². The van der Waals surface area contributed by atoms with Gasteiger partial charge < -0.3 is 14.8 Å². The topological polar surface area (TPSA) is 93.7 Å². The SMILES string of the molecule is CNC(=O)NC(=O)[C@@H](C)OC(=O)/C=C/c1cc(Br)ccc1OC. The van der Waals surface area contributed by atoms with Crippen molar-refractivity contribution in [3.05, 3.63) is 34.3 Å². The lowest BCUT2D eigenvalue weighted by atomic mass is 10.2. The minimum Gasteiger partial charge on any atom is -0.496 e. The number of esters is 1. The summed E-state index contributed by atoms with van der Waals surface area (Å²) in [7, 11) is 2.89. The maximum Gasteiger partial charge on any atom is 0.331 e. The zero-order valence-corrected chi connectivity index (χ0v) is 14.5. The molecule has 0 aromatic heterocycles. The van der Waals surface area contributed by atoms with Gasteiger partial charge in [-0.2, -0.15) is 0 Å². The van der Waals surface area contributed by atoms with Gasteiger partial charge in [-0.25, -0.2) is 9.59 Å². The highest BCUT2D eigenvalue weighted by Gasteiger charge is 2.18. The Kier molecular flexibility index (Phi) is 7.27. The van der Waals surface area contributed by atoms with Gasteiger partial charge in [-0.05, 0) is 31.2 Å². The minimum absolute atomic E-state index is 0.586. The third-order valence-electron chi connectivity index (χ3n) is 2.72. The molecule has 124 valence electrons. The minimum atomic E-state index is -1.10. The molecular formula is C15H17BrN2O5. The smallest absolute Gasteiger partial charge is 0.331 e. The second-order valence-corrected chi connectivity index (χ2v) is 5.28. The lowest BCUT2D eigenvalue weighted by Crippen LogP contribution is -2.43. The van der Waals surface area contributed by atoms with E-state index in [1.807, 2.05) is 5.32 Å². The van der Waals surface area contributed by atoms with Gasteiger partial charge in [0.15, 0.2) is 6.10 Å². The molecule has 0 saturated carbocycles. The first kappa shape index (κ1) is 18.7. The predicted octanol–water partition coefficient (Wildman–Crippen LogP) is 1.86. The lowest BCUT2D eigenvalue weighted by molar-refractivity contribution is -0.149. The standard InChI is InChI=1S/C15H17BrN2O5/c1-9(14(20)18-15(21)17-2)23-13(19)7-4-10-8-11(16)5-6-12(10)22-3/h4-9H,1-3H3,(H2,17,18,20,21)/b7-4+/t9-/m1/s1. The number of methoxy groups -OCH3 is 1. The van der Waals surface area contributed by atoms with E-state index < -0.39 is 24.0 Å². The van der Waals surface area contributed by atoms with E-state index in [1.54, 1.807) is 18.2 Å². The van der Waals surface area contributed by atoms with Crippen LogP contribution >= 0.6 is 15.9 Å². The van der Waals surface area contributed by atoms with Crippen LogP contribution in [0, 0.1) is 0 Å². The van der Waals surface area contributed by atoms with Crippen LogP contribution in [-0.4, -0.2) is 38.2 Å². The van der Waals surface area contributed by atoms with Gasteiger partial charge in [-0.1, -0.05) is 15.9 Å². The fourth-order valence-electron chi connectivity index (χ4n) is 1.54. The molecule has 0 bridgehead atoms. The number of halogens is 1. The van der Waals surface area contributed by atoms with Crippen LogP contribution in [-0.2, 0) is 14.3 Å². The Morgan fingerprint density at radius 1 is 1.30 bits per heavy atom. The summed E-state index contributed by atoms with van der Waals surface area (Å²) in [5, 5.41) is 4.24. The Balaban J connectivity index is 2.67. The second kappa shape index (κ2) is 8.94. The van der Waals surface area contributed by atoms with Crippen molar-refractivity contribution in [1.29, 1.82) is 0 Å². The van der Waals surface area contributed by atoms with Crippen molar-refractivity contribution in [2.75, 3.05) is 14.2 Å². The van der Waals surface area contributed by atoms with Crippen LogP contribution in [0.1, 0.15) is 12.5 Å². The van der Waals surface area contributed by atoms with Crippen LogP contribution in [0.5, 0.6) is 5.75 Å². The summed E-state index contributed by atoms with van der Waals surface area (Å²) in [5.74, 6) is -0.847. The number of urea groups is 1. The molecule has 0 aliphatic heterocycles. The Morgan fingerprint density at radius 2 is 2.00 bits per heavy atom. The van der Waals surface area contributed by atoms with Gasteiger partial charge in [0.25, 0.3) is 5.91 Å². The van der Waals surface area contributed by atoms with E-state index in [0.29, 0.717) is 11.3 Å². The summed E-state index contributed by atoms with van der Waals surface area (Å²) >= 11 is 3.33. The molecule has 0 spiro atoms. The number of benzene rings is 1. The largest absolute Gasteiger partial charge is 0.496 e. The van der Waals surface area contributed by atoms with Gasteiger partial charge in [0.1, 0.15) is 5.75 Å². The van der Waals surface area contributed by atoms with E-state index in [9.17, 15) is 14.4 Å². The molecule has 7 nitrogen and oxygen atoms in total. The summed E-state index contributed by atoms with van der Waals surface area (Å²) in [4.78, 5) is 34.3. The van der Waals surface area contributed by atoms with Crippen LogP contribution in [0.4, 0.5) is 4.79 Å². The number of nitrogens with one attached hydrogen (secondary N) is 2. The van der Waals surface area contributed by atoms with Gasteiger partial charge in [0, 0.05) is 23.2 Å². The number of imide groups is 1. The van der Waals surface area contributed by atoms with Crippen LogP contribution < -0.4 is 15.4 Å². The second-order valence-electron chi connectivity index (χ2n) is 4.37. The molecule has 23 heavy (non-hydrogen) atoms. The van der Waals surface area contributed by atoms with Crippen molar-refractivity contribution in [3.63, 3.8) is 0 Å². The van der Waals surface area contributed by atoms with E-state index in [2.05, 4.69) is 21.2 Å². The molecule has 1 rings (SSSR count). The summed E-state index contributed by atoms with van der Waals surface area (Å²) in [6.45, 7) is 1.36. The zero-order chi connectivity index (χ0) is 17.4. The van der Waals surface area contributed by atoms with E-state index in [4.69, 9.17) is 9.47 Å². The summed E-state index contributed by atoms with van der Waals surface area (Å²) in [6, 6.07) is 4.64. The molecule has 0 fully saturated rings. The molecule has 0 aliphatic rings. The van der Waals surface area contributed by atoms with Crippen molar-refractivity contribution in [2.45, 2.75) is 13.0 Å².